The maximum atomic E-state index is 3.60. The minimum absolute atomic E-state index is 0.525. The molecule has 0 saturated carbocycles. The molecule has 1 heterocycles. The van der Waals surface area contributed by atoms with Crippen molar-refractivity contribution in [2.75, 3.05) is 23.3 Å². The van der Waals surface area contributed by atoms with Crippen molar-refractivity contribution in [1.82, 2.24) is 0 Å². The number of hydrogen-bond donors (Lipinski definition) is 1. The molecule has 2 nitrogen and oxygen atoms in total. The van der Waals surface area contributed by atoms with E-state index in [1.807, 2.05) is 0 Å². The van der Waals surface area contributed by atoms with Gasteiger partial charge in [0.15, 0.2) is 0 Å². The van der Waals surface area contributed by atoms with Crippen LogP contribution in [-0.4, -0.2) is 19.1 Å². The van der Waals surface area contributed by atoms with Gasteiger partial charge >= 0.3 is 0 Å². The lowest BCUT2D eigenvalue weighted by Crippen LogP contribution is -2.39. The van der Waals surface area contributed by atoms with Gasteiger partial charge in [0.1, 0.15) is 0 Å². The fourth-order valence-electron chi connectivity index (χ4n) is 1.97. The number of rotatable bonds is 1. The first kappa shape index (κ1) is 9.84. The van der Waals surface area contributed by atoms with E-state index >= 15 is 0 Å². The van der Waals surface area contributed by atoms with Crippen LogP contribution in [0.4, 0.5) is 11.4 Å². The van der Waals surface area contributed by atoms with Gasteiger partial charge in [0.25, 0.3) is 0 Å². The monoisotopic (exact) mass is 254 g/mol. The van der Waals surface area contributed by atoms with Gasteiger partial charge in [-0.3, -0.25) is 0 Å². The molecule has 0 amide bonds. The van der Waals surface area contributed by atoms with Crippen LogP contribution in [0.25, 0.3) is 0 Å². The highest BCUT2D eigenvalue weighted by atomic mass is 79.9. The maximum absolute atomic E-state index is 3.60. The van der Waals surface area contributed by atoms with E-state index in [2.05, 4.69) is 58.2 Å². The Morgan fingerprint density at radius 3 is 3.07 bits per heavy atom. The van der Waals surface area contributed by atoms with Gasteiger partial charge < -0.3 is 10.2 Å². The van der Waals surface area contributed by atoms with Crippen molar-refractivity contribution < 1.29 is 0 Å². The Morgan fingerprint density at radius 1 is 1.57 bits per heavy atom. The summed E-state index contributed by atoms with van der Waals surface area (Å²) in [6, 6.07) is 6.83. The summed E-state index contributed by atoms with van der Waals surface area (Å²) in [5.41, 5.74) is 2.54. The molecular formula is C11H15BrN2. The first-order valence-corrected chi connectivity index (χ1v) is 5.81. The molecule has 1 aromatic rings. The van der Waals surface area contributed by atoms with Crippen molar-refractivity contribution in [3.8, 4) is 0 Å². The predicted octanol–water partition coefficient (Wildman–Crippen LogP) is 3.09. The molecule has 1 unspecified atom stereocenters. The van der Waals surface area contributed by atoms with Gasteiger partial charge in [-0.2, -0.15) is 0 Å². The van der Waals surface area contributed by atoms with E-state index < -0.39 is 0 Å². The normalized spacial score (nSPS) is 20.2. The van der Waals surface area contributed by atoms with E-state index in [0.717, 1.165) is 13.1 Å². The molecule has 1 aliphatic rings. The Hall–Kier alpha value is -0.700. The molecule has 3 heteroatoms. The van der Waals surface area contributed by atoms with E-state index in [1.165, 1.54) is 15.8 Å². The Morgan fingerprint density at radius 2 is 2.36 bits per heavy atom. The summed E-state index contributed by atoms with van der Waals surface area (Å²) in [5, 5.41) is 3.49. The second kappa shape index (κ2) is 3.81. The highest BCUT2D eigenvalue weighted by Crippen LogP contribution is 2.37. The third-order valence-electron chi connectivity index (χ3n) is 2.58. The predicted molar refractivity (Wildman–Crippen MR) is 65.1 cm³/mol. The molecule has 0 spiro atoms. The van der Waals surface area contributed by atoms with Crippen LogP contribution in [0.2, 0.25) is 0 Å². The number of halogens is 1. The van der Waals surface area contributed by atoms with Crippen molar-refractivity contribution in [1.29, 1.82) is 0 Å². The zero-order chi connectivity index (χ0) is 10.1. The number of para-hydroxylation sites is 1. The first-order valence-electron chi connectivity index (χ1n) is 5.02. The molecule has 14 heavy (non-hydrogen) atoms. The first-order chi connectivity index (χ1) is 6.72. The van der Waals surface area contributed by atoms with Crippen LogP contribution >= 0.6 is 15.9 Å². The summed E-state index contributed by atoms with van der Waals surface area (Å²) >= 11 is 3.60. The second-order valence-electron chi connectivity index (χ2n) is 3.72. The van der Waals surface area contributed by atoms with Crippen LogP contribution in [0, 0.1) is 0 Å². The van der Waals surface area contributed by atoms with Gasteiger partial charge in [0.05, 0.1) is 11.4 Å². The van der Waals surface area contributed by atoms with Crippen molar-refractivity contribution in [2.24, 2.45) is 0 Å². The standard InChI is InChI=1S/C11H15BrN2/c1-3-14-7-8(2)13-10-6-4-5-9(12)11(10)14/h4-6,8,13H,3,7H2,1-2H3. The molecule has 0 bridgehead atoms. The quantitative estimate of drug-likeness (QED) is 0.829. The second-order valence-corrected chi connectivity index (χ2v) is 4.57. The van der Waals surface area contributed by atoms with Gasteiger partial charge in [0, 0.05) is 23.6 Å². The summed E-state index contributed by atoms with van der Waals surface area (Å²) in [6.07, 6.45) is 0. The average molecular weight is 255 g/mol. The molecule has 0 saturated heterocycles. The zero-order valence-electron chi connectivity index (χ0n) is 8.55. The number of nitrogens with one attached hydrogen (secondary N) is 1. The average Bonchev–Trinajstić information content (AvgIpc) is 2.16. The Bertz CT molecular complexity index is 338. The Labute approximate surface area is 93.4 Å². The van der Waals surface area contributed by atoms with Crippen LogP contribution in [0.1, 0.15) is 13.8 Å². The third kappa shape index (κ3) is 1.61. The molecule has 1 aromatic carbocycles. The number of hydrogen-bond acceptors (Lipinski definition) is 2. The summed E-state index contributed by atoms with van der Waals surface area (Å²) in [6.45, 7) is 6.54. The zero-order valence-corrected chi connectivity index (χ0v) is 10.1. The van der Waals surface area contributed by atoms with Crippen molar-refractivity contribution in [2.45, 2.75) is 19.9 Å². The molecule has 0 aliphatic carbocycles. The SMILES string of the molecule is CCN1CC(C)Nc2cccc(Br)c21. The van der Waals surface area contributed by atoms with E-state index in [4.69, 9.17) is 0 Å². The minimum Gasteiger partial charge on any atom is -0.379 e. The highest BCUT2D eigenvalue weighted by molar-refractivity contribution is 9.10. The fraction of sp³-hybridized carbons (Fsp3) is 0.455. The van der Waals surface area contributed by atoms with E-state index in [0.29, 0.717) is 6.04 Å². The molecule has 2 rings (SSSR count). The lowest BCUT2D eigenvalue weighted by molar-refractivity contribution is 0.702. The van der Waals surface area contributed by atoms with Crippen LogP contribution < -0.4 is 10.2 Å². The summed E-state index contributed by atoms with van der Waals surface area (Å²) in [5.74, 6) is 0. The van der Waals surface area contributed by atoms with Crippen molar-refractivity contribution >= 4 is 27.3 Å². The number of likely N-dealkylation sites (N-methyl/N-ethyl adjacent to an activating group) is 1. The fourth-order valence-corrected chi connectivity index (χ4v) is 2.59. The summed E-state index contributed by atoms with van der Waals surface area (Å²) < 4.78 is 1.18. The molecule has 1 atom stereocenters. The molecular weight excluding hydrogens is 240 g/mol. The van der Waals surface area contributed by atoms with Crippen molar-refractivity contribution in [3.63, 3.8) is 0 Å². The molecule has 1 aliphatic heterocycles. The summed E-state index contributed by atoms with van der Waals surface area (Å²) in [7, 11) is 0. The third-order valence-corrected chi connectivity index (χ3v) is 3.22. The summed E-state index contributed by atoms with van der Waals surface area (Å²) in [4.78, 5) is 2.40. The molecule has 1 N–H and O–H groups in total. The lowest BCUT2D eigenvalue weighted by atomic mass is 10.1. The van der Waals surface area contributed by atoms with Gasteiger partial charge in [-0.05, 0) is 41.9 Å². The van der Waals surface area contributed by atoms with Crippen LogP contribution in [0.15, 0.2) is 22.7 Å². The van der Waals surface area contributed by atoms with Gasteiger partial charge in [-0.1, -0.05) is 6.07 Å². The molecule has 76 valence electrons. The van der Waals surface area contributed by atoms with Crippen LogP contribution in [0.5, 0.6) is 0 Å². The van der Waals surface area contributed by atoms with E-state index in [9.17, 15) is 0 Å². The lowest BCUT2D eigenvalue weighted by Gasteiger charge is -2.35. The largest absolute Gasteiger partial charge is 0.379 e. The number of benzene rings is 1. The number of anilines is 2. The minimum atomic E-state index is 0.525. The van der Waals surface area contributed by atoms with E-state index in [-0.39, 0.29) is 0 Å². The highest BCUT2D eigenvalue weighted by Gasteiger charge is 2.21. The van der Waals surface area contributed by atoms with Gasteiger partial charge in [-0.15, -0.1) is 0 Å². The topological polar surface area (TPSA) is 15.3 Å². The Kier molecular flexibility index (Phi) is 2.68. The number of fused-ring (bicyclic) bond motifs is 1. The molecule has 0 fully saturated rings. The Balaban J connectivity index is 2.46. The van der Waals surface area contributed by atoms with Gasteiger partial charge in [0.2, 0.25) is 0 Å². The molecule has 0 aromatic heterocycles. The van der Waals surface area contributed by atoms with E-state index in [1.54, 1.807) is 0 Å². The number of nitrogens with zero attached hydrogens (tertiary/aromatic N) is 1. The van der Waals surface area contributed by atoms with Crippen molar-refractivity contribution in [3.05, 3.63) is 22.7 Å². The van der Waals surface area contributed by atoms with Crippen LogP contribution in [-0.2, 0) is 0 Å². The van der Waals surface area contributed by atoms with Crippen LogP contribution in [0.3, 0.4) is 0 Å². The maximum Gasteiger partial charge on any atom is 0.0747 e. The molecule has 0 radical (unpaired) electrons. The smallest absolute Gasteiger partial charge is 0.0747 e. The van der Waals surface area contributed by atoms with Gasteiger partial charge in [-0.25, -0.2) is 0 Å².